The fourth-order valence-corrected chi connectivity index (χ4v) is 6.05. The summed E-state index contributed by atoms with van der Waals surface area (Å²) in [5, 5.41) is 15.0. The fraction of sp³-hybridized carbons (Fsp3) is 0. The number of para-hydroxylation sites is 4. The molecule has 4 nitrogen and oxygen atoms in total. The predicted molar refractivity (Wildman–Crippen MR) is 163 cm³/mol. The van der Waals surface area contributed by atoms with Gasteiger partial charge in [0.05, 0.1) is 50.9 Å². The number of pyridine rings is 1. The van der Waals surface area contributed by atoms with Crippen LogP contribution in [0, 0.1) is 11.3 Å². The van der Waals surface area contributed by atoms with Crippen LogP contribution in [0.1, 0.15) is 5.56 Å². The molecule has 186 valence electrons. The van der Waals surface area contributed by atoms with Crippen LogP contribution in [0.15, 0.2) is 134 Å². The highest BCUT2D eigenvalue weighted by molar-refractivity contribution is 6.10. The Hall–Kier alpha value is -5.66. The smallest absolute Gasteiger partial charge is 0.101 e. The SMILES string of the molecule is N#Cc1cc(-c2ccc(-n3c4ccccc4c4ccccc43)cn2)ccc1-n1c2ccccc2c2ccccc21. The summed E-state index contributed by atoms with van der Waals surface area (Å²) < 4.78 is 4.44. The summed E-state index contributed by atoms with van der Waals surface area (Å²) in [6, 6.07) is 46.2. The van der Waals surface area contributed by atoms with Crippen LogP contribution in [-0.4, -0.2) is 14.1 Å². The molecule has 0 radical (unpaired) electrons. The first-order chi connectivity index (χ1) is 19.8. The van der Waals surface area contributed by atoms with Crippen molar-refractivity contribution in [2.75, 3.05) is 0 Å². The monoisotopic (exact) mass is 510 g/mol. The molecule has 40 heavy (non-hydrogen) atoms. The van der Waals surface area contributed by atoms with Gasteiger partial charge in [-0.25, -0.2) is 0 Å². The lowest BCUT2D eigenvalue weighted by molar-refractivity contribution is 1.14. The van der Waals surface area contributed by atoms with Gasteiger partial charge < -0.3 is 9.13 Å². The highest BCUT2D eigenvalue weighted by Gasteiger charge is 2.16. The van der Waals surface area contributed by atoms with Crippen molar-refractivity contribution in [3.8, 4) is 28.7 Å². The Morgan fingerprint density at radius 3 is 1.50 bits per heavy atom. The van der Waals surface area contributed by atoms with Gasteiger partial charge in [0, 0.05) is 27.1 Å². The summed E-state index contributed by atoms with van der Waals surface area (Å²) in [4.78, 5) is 4.85. The summed E-state index contributed by atoms with van der Waals surface area (Å²) in [6.07, 6.45) is 1.92. The Morgan fingerprint density at radius 1 is 0.525 bits per heavy atom. The van der Waals surface area contributed by atoms with Gasteiger partial charge in [0.25, 0.3) is 0 Å². The topological polar surface area (TPSA) is 46.5 Å². The van der Waals surface area contributed by atoms with E-state index in [1.54, 1.807) is 0 Å². The zero-order valence-electron chi connectivity index (χ0n) is 21.5. The minimum Gasteiger partial charge on any atom is -0.308 e. The largest absolute Gasteiger partial charge is 0.308 e. The lowest BCUT2D eigenvalue weighted by atomic mass is 10.1. The van der Waals surface area contributed by atoms with Crippen LogP contribution in [0.4, 0.5) is 0 Å². The van der Waals surface area contributed by atoms with E-state index in [2.05, 4.69) is 112 Å². The predicted octanol–water partition coefficient (Wildman–Crippen LogP) is 8.81. The molecule has 0 aliphatic heterocycles. The number of benzene rings is 5. The van der Waals surface area contributed by atoms with Gasteiger partial charge in [-0.3, -0.25) is 4.98 Å². The van der Waals surface area contributed by atoms with E-state index in [0.717, 1.165) is 44.7 Å². The van der Waals surface area contributed by atoms with Gasteiger partial charge in [-0.15, -0.1) is 0 Å². The lowest BCUT2D eigenvalue weighted by Crippen LogP contribution is -1.99. The standard InChI is InChI=1S/C36H22N4/c37-22-25-21-24(17-20-32(25)40-35-15-7-3-11-29(35)30-12-4-8-16-36(30)40)31-19-18-26(23-38-31)39-33-13-5-1-9-27(33)28-10-2-6-14-34(28)39/h1-21,23H. The molecule has 0 saturated heterocycles. The second-order valence-electron chi connectivity index (χ2n) is 9.98. The molecule has 0 spiro atoms. The average molecular weight is 511 g/mol. The minimum absolute atomic E-state index is 0.609. The summed E-state index contributed by atoms with van der Waals surface area (Å²) in [7, 11) is 0. The molecule has 5 aromatic carbocycles. The lowest BCUT2D eigenvalue weighted by Gasteiger charge is -2.12. The maximum absolute atomic E-state index is 10.2. The Kier molecular flexibility index (Phi) is 4.85. The van der Waals surface area contributed by atoms with Crippen LogP contribution < -0.4 is 0 Å². The van der Waals surface area contributed by atoms with Crippen molar-refractivity contribution < 1.29 is 0 Å². The molecule has 0 atom stereocenters. The minimum atomic E-state index is 0.609. The summed E-state index contributed by atoms with van der Waals surface area (Å²) >= 11 is 0. The molecular weight excluding hydrogens is 488 g/mol. The van der Waals surface area contributed by atoms with Crippen LogP contribution in [0.25, 0.3) is 66.2 Å². The molecule has 3 aromatic heterocycles. The number of nitriles is 1. The van der Waals surface area contributed by atoms with Crippen LogP contribution in [0.3, 0.4) is 0 Å². The number of hydrogen-bond donors (Lipinski definition) is 0. The van der Waals surface area contributed by atoms with E-state index in [4.69, 9.17) is 4.98 Å². The normalized spacial score (nSPS) is 11.5. The van der Waals surface area contributed by atoms with Crippen molar-refractivity contribution in [1.29, 1.82) is 5.26 Å². The van der Waals surface area contributed by atoms with Crippen molar-refractivity contribution in [3.05, 3.63) is 139 Å². The van der Waals surface area contributed by atoms with Crippen LogP contribution >= 0.6 is 0 Å². The van der Waals surface area contributed by atoms with Crippen LogP contribution in [-0.2, 0) is 0 Å². The van der Waals surface area contributed by atoms with E-state index < -0.39 is 0 Å². The third kappa shape index (κ3) is 3.22. The highest BCUT2D eigenvalue weighted by atomic mass is 15.0. The molecule has 8 aromatic rings. The van der Waals surface area contributed by atoms with E-state index in [-0.39, 0.29) is 0 Å². The fourth-order valence-electron chi connectivity index (χ4n) is 6.05. The molecule has 0 saturated carbocycles. The van der Waals surface area contributed by atoms with E-state index >= 15 is 0 Å². The first-order valence-corrected chi connectivity index (χ1v) is 13.3. The second kappa shape index (κ2) is 8.69. The maximum atomic E-state index is 10.2. The Morgan fingerprint density at radius 2 is 1.02 bits per heavy atom. The average Bonchev–Trinajstić information content (AvgIpc) is 3.54. The molecule has 0 amide bonds. The first-order valence-electron chi connectivity index (χ1n) is 13.3. The molecule has 0 bridgehead atoms. The summed E-state index contributed by atoms with van der Waals surface area (Å²) in [6.45, 7) is 0. The Labute approximate surface area is 230 Å². The number of fused-ring (bicyclic) bond motifs is 6. The van der Waals surface area contributed by atoms with Crippen molar-refractivity contribution in [3.63, 3.8) is 0 Å². The molecule has 0 aliphatic carbocycles. The van der Waals surface area contributed by atoms with Gasteiger partial charge in [-0.2, -0.15) is 5.26 Å². The zero-order chi connectivity index (χ0) is 26.6. The highest BCUT2D eigenvalue weighted by Crippen LogP contribution is 2.35. The maximum Gasteiger partial charge on any atom is 0.101 e. The molecule has 0 fully saturated rings. The molecule has 0 unspecified atom stereocenters. The third-order valence-electron chi connectivity index (χ3n) is 7.82. The Bertz CT molecular complexity index is 2170. The van der Waals surface area contributed by atoms with Crippen LogP contribution in [0.2, 0.25) is 0 Å². The number of aromatic nitrogens is 3. The van der Waals surface area contributed by atoms with Gasteiger partial charge in [0.15, 0.2) is 0 Å². The van der Waals surface area contributed by atoms with E-state index in [1.165, 1.54) is 21.5 Å². The molecule has 0 aliphatic rings. The second-order valence-corrected chi connectivity index (χ2v) is 9.98. The van der Waals surface area contributed by atoms with Crippen molar-refractivity contribution in [1.82, 2.24) is 14.1 Å². The van der Waals surface area contributed by atoms with E-state index in [1.807, 2.05) is 36.5 Å². The van der Waals surface area contributed by atoms with E-state index in [0.29, 0.717) is 5.56 Å². The van der Waals surface area contributed by atoms with Gasteiger partial charge in [0.1, 0.15) is 6.07 Å². The molecule has 4 heteroatoms. The number of rotatable bonds is 3. The molecule has 8 rings (SSSR count). The van der Waals surface area contributed by atoms with Crippen LogP contribution in [0.5, 0.6) is 0 Å². The van der Waals surface area contributed by atoms with Crippen molar-refractivity contribution >= 4 is 43.6 Å². The molecular formula is C36H22N4. The van der Waals surface area contributed by atoms with Crippen molar-refractivity contribution in [2.24, 2.45) is 0 Å². The third-order valence-corrected chi connectivity index (χ3v) is 7.82. The Balaban J connectivity index is 1.24. The number of hydrogen-bond acceptors (Lipinski definition) is 2. The number of nitrogens with zero attached hydrogens (tertiary/aromatic N) is 4. The summed E-state index contributed by atoms with van der Waals surface area (Å²) in [5.41, 5.74) is 8.69. The first kappa shape index (κ1) is 22.3. The van der Waals surface area contributed by atoms with Gasteiger partial charge in [0.2, 0.25) is 0 Å². The molecule has 3 heterocycles. The van der Waals surface area contributed by atoms with Gasteiger partial charge in [-0.05, 0) is 48.5 Å². The van der Waals surface area contributed by atoms with Crippen molar-refractivity contribution in [2.45, 2.75) is 0 Å². The molecule has 0 N–H and O–H groups in total. The quantitative estimate of drug-likeness (QED) is 0.238. The summed E-state index contributed by atoms with van der Waals surface area (Å²) in [5.74, 6) is 0. The van der Waals surface area contributed by atoms with E-state index in [9.17, 15) is 5.26 Å². The van der Waals surface area contributed by atoms with Gasteiger partial charge >= 0.3 is 0 Å². The van der Waals surface area contributed by atoms with Gasteiger partial charge in [-0.1, -0.05) is 78.9 Å². The zero-order valence-corrected chi connectivity index (χ0v) is 21.5.